The highest BCUT2D eigenvalue weighted by molar-refractivity contribution is 9.10. The van der Waals surface area contributed by atoms with Crippen molar-refractivity contribution in [3.05, 3.63) is 27.7 Å². The highest BCUT2D eigenvalue weighted by Gasteiger charge is 2.22. The van der Waals surface area contributed by atoms with Crippen LogP contribution in [0.4, 0.5) is 8.78 Å². The molecule has 0 spiro atoms. The molecule has 1 unspecified atom stereocenters. The van der Waals surface area contributed by atoms with Gasteiger partial charge in [-0.1, -0.05) is 0 Å². The summed E-state index contributed by atoms with van der Waals surface area (Å²) in [6, 6.07) is 1.11. The predicted octanol–water partition coefficient (Wildman–Crippen LogP) is 3.28. The fourth-order valence-corrected chi connectivity index (χ4v) is 3.02. The van der Waals surface area contributed by atoms with E-state index in [1.165, 1.54) is 7.11 Å². The molecule has 18 heavy (non-hydrogen) atoms. The van der Waals surface area contributed by atoms with Crippen molar-refractivity contribution in [2.75, 3.05) is 20.2 Å². The first kappa shape index (κ1) is 13.7. The molecule has 1 heterocycles. The molecule has 1 aliphatic rings. The lowest BCUT2D eigenvalue weighted by Crippen LogP contribution is -2.31. The van der Waals surface area contributed by atoms with Crippen molar-refractivity contribution in [1.82, 2.24) is 5.32 Å². The van der Waals surface area contributed by atoms with Crippen molar-refractivity contribution in [1.29, 1.82) is 0 Å². The summed E-state index contributed by atoms with van der Waals surface area (Å²) in [5, 5.41) is 3.27. The number of nitrogens with one attached hydrogen (secondary N) is 1. The second-order valence-corrected chi connectivity index (χ2v) is 5.44. The smallest absolute Gasteiger partial charge is 0.165 e. The van der Waals surface area contributed by atoms with Gasteiger partial charge in [0.15, 0.2) is 11.6 Å². The molecule has 1 N–H and O–H groups in total. The van der Waals surface area contributed by atoms with Gasteiger partial charge in [0.25, 0.3) is 0 Å². The van der Waals surface area contributed by atoms with Gasteiger partial charge in [0.05, 0.1) is 11.6 Å². The van der Waals surface area contributed by atoms with Crippen molar-refractivity contribution in [3.8, 4) is 5.75 Å². The summed E-state index contributed by atoms with van der Waals surface area (Å²) in [6.45, 7) is 1.85. The maximum Gasteiger partial charge on any atom is 0.165 e. The van der Waals surface area contributed by atoms with Gasteiger partial charge < -0.3 is 10.1 Å². The Morgan fingerprint density at radius 1 is 1.50 bits per heavy atom. The second-order valence-electron chi connectivity index (χ2n) is 4.58. The molecule has 0 aromatic heterocycles. The normalized spacial score (nSPS) is 19.9. The van der Waals surface area contributed by atoms with Crippen LogP contribution in [-0.4, -0.2) is 20.2 Å². The Balaban J connectivity index is 2.29. The van der Waals surface area contributed by atoms with E-state index in [9.17, 15) is 8.78 Å². The predicted molar refractivity (Wildman–Crippen MR) is 69.9 cm³/mol. The molecule has 2 rings (SSSR count). The number of rotatable bonds is 3. The van der Waals surface area contributed by atoms with Gasteiger partial charge in [-0.25, -0.2) is 8.78 Å². The third-order valence-corrected chi connectivity index (χ3v) is 3.90. The van der Waals surface area contributed by atoms with Crippen molar-refractivity contribution < 1.29 is 13.5 Å². The highest BCUT2D eigenvalue weighted by atomic mass is 79.9. The van der Waals surface area contributed by atoms with E-state index < -0.39 is 11.6 Å². The molecule has 100 valence electrons. The maximum atomic E-state index is 13.9. The number of hydrogen-bond donors (Lipinski definition) is 1. The van der Waals surface area contributed by atoms with Gasteiger partial charge in [0.1, 0.15) is 5.75 Å². The summed E-state index contributed by atoms with van der Waals surface area (Å²) < 4.78 is 33.0. The molecule has 1 atom stereocenters. The lowest BCUT2D eigenvalue weighted by Gasteiger charge is -2.24. The largest absolute Gasteiger partial charge is 0.495 e. The van der Waals surface area contributed by atoms with Crippen LogP contribution < -0.4 is 10.1 Å². The number of methoxy groups -OCH3 is 1. The fraction of sp³-hybridized carbons (Fsp3) is 0.538. The van der Waals surface area contributed by atoms with E-state index in [1.54, 1.807) is 0 Å². The fourth-order valence-electron chi connectivity index (χ4n) is 2.42. The average Bonchev–Trinajstić information content (AvgIpc) is 2.37. The molecule has 0 radical (unpaired) electrons. The van der Waals surface area contributed by atoms with E-state index in [0.717, 1.165) is 32.0 Å². The minimum Gasteiger partial charge on any atom is -0.495 e. The first-order chi connectivity index (χ1) is 8.63. The zero-order valence-corrected chi connectivity index (χ0v) is 11.8. The van der Waals surface area contributed by atoms with Gasteiger partial charge in [0.2, 0.25) is 0 Å². The number of ether oxygens (including phenoxy) is 1. The van der Waals surface area contributed by atoms with Crippen LogP contribution in [0.3, 0.4) is 0 Å². The molecule has 0 saturated carbocycles. The van der Waals surface area contributed by atoms with Gasteiger partial charge in [-0.05, 0) is 60.3 Å². The maximum absolute atomic E-state index is 13.9. The van der Waals surface area contributed by atoms with Crippen LogP contribution in [0, 0.1) is 17.6 Å². The Morgan fingerprint density at radius 2 is 2.28 bits per heavy atom. The van der Waals surface area contributed by atoms with Crippen molar-refractivity contribution in [3.63, 3.8) is 0 Å². The first-order valence-electron chi connectivity index (χ1n) is 6.04. The van der Waals surface area contributed by atoms with Gasteiger partial charge in [-0.2, -0.15) is 0 Å². The highest BCUT2D eigenvalue weighted by Crippen LogP contribution is 2.35. The first-order valence-corrected chi connectivity index (χ1v) is 6.84. The van der Waals surface area contributed by atoms with Crippen molar-refractivity contribution in [2.45, 2.75) is 19.3 Å². The van der Waals surface area contributed by atoms with Gasteiger partial charge in [-0.15, -0.1) is 0 Å². The molecule has 0 aliphatic carbocycles. The standard InChI is InChI=1S/C13H16BrF2NO/c1-18-13-9(5-8-3-2-4-17-7-8)12(16)11(15)6-10(13)14/h6,8,17H,2-5,7H2,1H3. The molecular weight excluding hydrogens is 304 g/mol. The van der Waals surface area contributed by atoms with E-state index in [1.807, 2.05) is 0 Å². The molecule has 2 nitrogen and oxygen atoms in total. The molecule has 0 bridgehead atoms. The summed E-state index contributed by atoms with van der Waals surface area (Å²) in [5.74, 6) is -0.891. The quantitative estimate of drug-likeness (QED) is 0.863. The van der Waals surface area contributed by atoms with Crippen LogP contribution in [-0.2, 0) is 6.42 Å². The van der Waals surface area contributed by atoms with E-state index in [2.05, 4.69) is 21.2 Å². The summed E-state index contributed by atoms with van der Waals surface area (Å²) in [4.78, 5) is 0. The van der Waals surface area contributed by atoms with Crippen LogP contribution in [0.2, 0.25) is 0 Å². The van der Waals surface area contributed by atoms with Crippen LogP contribution in [0.5, 0.6) is 5.75 Å². The summed E-state index contributed by atoms with van der Waals surface area (Å²) >= 11 is 3.21. The van der Waals surface area contributed by atoms with Gasteiger partial charge in [-0.3, -0.25) is 0 Å². The minimum absolute atomic E-state index is 0.329. The minimum atomic E-state index is -0.832. The lowest BCUT2D eigenvalue weighted by atomic mass is 9.91. The van der Waals surface area contributed by atoms with Crippen LogP contribution in [0.1, 0.15) is 18.4 Å². The average molecular weight is 320 g/mol. The van der Waals surface area contributed by atoms with E-state index in [0.29, 0.717) is 28.1 Å². The Labute approximate surface area is 114 Å². The Morgan fingerprint density at radius 3 is 2.89 bits per heavy atom. The molecular formula is C13H16BrF2NO. The van der Waals surface area contributed by atoms with E-state index in [-0.39, 0.29) is 0 Å². The van der Waals surface area contributed by atoms with Crippen LogP contribution in [0.25, 0.3) is 0 Å². The lowest BCUT2D eigenvalue weighted by molar-refractivity contribution is 0.352. The monoisotopic (exact) mass is 319 g/mol. The Kier molecular flexibility index (Phi) is 4.56. The second kappa shape index (κ2) is 5.97. The van der Waals surface area contributed by atoms with Crippen LogP contribution >= 0.6 is 15.9 Å². The SMILES string of the molecule is COc1c(Br)cc(F)c(F)c1CC1CCCNC1. The topological polar surface area (TPSA) is 21.3 Å². The molecule has 1 saturated heterocycles. The number of halogens is 3. The molecule has 1 aliphatic heterocycles. The van der Waals surface area contributed by atoms with Crippen LogP contribution in [0.15, 0.2) is 10.5 Å². The number of piperidine rings is 1. The van der Waals surface area contributed by atoms with Gasteiger partial charge >= 0.3 is 0 Å². The van der Waals surface area contributed by atoms with Gasteiger partial charge in [0, 0.05) is 5.56 Å². The third kappa shape index (κ3) is 2.83. The number of hydrogen-bond acceptors (Lipinski definition) is 2. The molecule has 1 aromatic carbocycles. The zero-order chi connectivity index (χ0) is 13.1. The number of benzene rings is 1. The summed E-state index contributed by atoms with van der Waals surface area (Å²) in [5.41, 5.74) is 0.332. The van der Waals surface area contributed by atoms with E-state index >= 15 is 0 Å². The molecule has 0 amide bonds. The Hall–Kier alpha value is -0.680. The summed E-state index contributed by atoms with van der Waals surface area (Å²) in [6.07, 6.45) is 2.60. The molecule has 5 heteroatoms. The van der Waals surface area contributed by atoms with Crippen molar-refractivity contribution >= 4 is 15.9 Å². The molecule has 1 aromatic rings. The summed E-state index contributed by atoms with van der Waals surface area (Å²) in [7, 11) is 1.47. The third-order valence-electron chi connectivity index (χ3n) is 3.31. The molecule has 1 fully saturated rings. The van der Waals surface area contributed by atoms with Crippen molar-refractivity contribution in [2.24, 2.45) is 5.92 Å². The Bertz CT molecular complexity index is 433. The zero-order valence-electron chi connectivity index (χ0n) is 10.2. The van der Waals surface area contributed by atoms with E-state index in [4.69, 9.17) is 4.74 Å².